The van der Waals surface area contributed by atoms with Gasteiger partial charge in [-0.05, 0) is 12.8 Å². The first kappa shape index (κ1) is 12.5. The van der Waals surface area contributed by atoms with Crippen molar-refractivity contribution in [2.75, 3.05) is 18.8 Å². The van der Waals surface area contributed by atoms with Crippen molar-refractivity contribution < 1.29 is 8.42 Å². The second-order valence-electron chi connectivity index (χ2n) is 4.27. The lowest BCUT2D eigenvalue weighted by molar-refractivity contribution is 0.576. The first-order valence-electron chi connectivity index (χ1n) is 5.84. The number of hydrogen-bond acceptors (Lipinski definition) is 4. The Bertz CT molecular complexity index is 425. The number of rotatable bonds is 8. The van der Waals surface area contributed by atoms with Gasteiger partial charge in [0, 0.05) is 37.4 Å². The van der Waals surface area contributed by atoms with Crippen molar-refractivity contribution in [3.63, 3.8) is 0 Å². The summed E-state index contributed by atoms with van der Waals surface area (Å²) in [5, 5.41) is 3.18. The Morgan fingerprint density at radius 2 is 2.24 bits per heavy atom. The Kier molecular flexibility index (Phi) is 4.14. The standard InChI is InChI=1S/C10H18N4O2S/c15-17(16,6-5-12-9-1-2-9)14-4-3-10-7-11-8-13-10/h7-9,12,14H,1-6H2,(H,11,13). The quantitative estimate of drug-likeness (QED) is 0.593. The van der Waals surface area contributed by atoms with E-state index in [2.05, 4.69) is 20.0 Å². The van der Waals surface area contributed by atoms with Gasteiger partial charge in [0.15, 0.2) is 0 Å². The monoisotopic (exact) mass is 258 g/mol. The van der Waals surface area contributed by atoms with Gasteiger partial charge in [-0.2, -0.15) is 0 Å². The van der Waals surface area contributed by atoms with Crippen LogP contribution in [0.1, 0.15) is 18.5 Å². The second-order valence-corrected chi connectivity index (χ2v) is 6.19. The summed E-state index contributed by atoms with van der Waals surface area (Å²) < 4.78 is 25.7. The van der Waals surface area contributed by atoms with Gasteiger partial charge in [0.2, 0.25) is 10.0 Å². The molecule has 3 N–H and O–H groups in total. The Balaban J connectivity index is 1.62. The number of nitrogens with one attached hydrogen (secondary N) is 3. The third-order valence-electron chi connectivity index (χ3n) is 2.65. The lowest BCUT2D eigenvalue weighted by atomic mass is 10.3. The summed E-state index contributed by atoms with van der Waals surface area (Å²) in [4.78, 5) is 6.80. The average Bonchev–Trinajstić information content (AvgIpc) is 2.93. The van der Waals surface area contributed by atoms with E-state index in [-0.39, 0.29) is 5.75 Å². The maximum atomic E-state index is 11.6. The molecule has 0 spiro atoms. The SMILES string of the molecule is O=S(=O)(CCNC1CC1)NCCc1cnc[nH]1. The minimum Gasteiger partial charge on any atom is -0.348 e. The Labute approximate surface area is 101 Å². The minimum absolute atomic E-state index is 0.145. The Morgan fingerprint density at radius 1 is 1.41 bits per heavy atom. The molecule has 96 valence electrons. The highest BCUT2D eigenvalue weighted by Gasteiger charge is 2.20. The van der Waals surface area contributed by atoms with Crippen LogP contribution in [0.3, 0.4) is 0 Å². The van der Waals surface area contributed by atoms with Gasteiger partial charge in [-0.1, -0.05) is 0 Å². The van der Waals surface area contributed by atoms with Crippen LogP contribution in [0.5, 0.6) is 0 Å². The van der Waals surface area contributed by atoms with Crippen LogP contribution in [0.15, 0.2) is 12.5 Å². The summed E-state index contributed by atoms with van der Waals surface area (Å²) >= 11 is 0. The van der Waals surface area contributed by atoms with Gasteiger partial charge in [0.05, 0.1) is 12.1 Å². The minimum atomic E-state index is -3.15. The normalized spacial score (nSPS) is 16.2. The number of sulfonamides is 1. The van der Waals surface area contributed by atoms with Crippen molar-refractivity contribution in [2.24, 2.45) is 0 Å². The van der Waals surface area contributed by atoms with E-state index in [1.54, 1.807) is 12.5 Å². The van der Waals surface area contributed by atoms with Crippen LogP contribution in [0.25, 0.3) is 0 Å². The van der Waals surface area contributed by atoms with Gasteiger partial charge in [-0.15, -0.1) is 0 Å². The molecule has 0 bridgehead atoms. The zero-order valence-corrected chi connectivity index (χ0v) is 10.5. The third kappa shape index (κ3) is 4.84. The van der Waals surface area contributed by atoms with Gasteiger partial charge in [-0.3, -0.25) is 0 Å². The predicted molar refractivity (Wildman–Crippen MR) is 65.1 cm³/mol. The van der Waals surface area contributed by atoms with Crippen LogP contribution in [-0.2, 0) is 16.4 Å². The van der Waals surface area contributed by atoms with Crippen LogP contribution in [0, 0.1) is 0 Å². The molecule has 1 saturated carbocycles. The summed E-state index contributed by atoms with van der Waals surface area (Å²) in [5.74, 6) is 0.145. The molecule has 1 aliphatic carbocycles. The van der Waals surface area contributed by atoms with E-state index in [1.165, 1.54) is 12.8 Å². The molecule has 1 fully saturated rings. The molecular formula is C10H18N4O2S. The van der Waals surface area contributed by atoms with Gasteiger partial charge < -0.3 is 10.3 Å². The maximum absolute atomic E-state index is 11.6. The molecule has 1 heterocycles. The van der Waals surface area contributed by atoms with E-state index >= 15 is 0 Å². The van der Waals surface area contributed by atoms with Crippen molar-refractivity contribution in [3.05, 3.63) is 18.2 Å². The van der Waals surface area contributed by atoms with Crippen LogP contribution in [0.2, 0.25) is 0 Å². The molecule has 0 atom stereocenters. The lowest BCUT2D eigenvalue weighted by Gasteiger charge is -2.06. The lowest BCUT2D eigenvalue weighted by Crippen LogP contribution is -2.33. The molecular weight excluding hydrogens is 240 g/mol. The number of H-pyrrole nitrogens is 1. The third-order valence-corrected chi connectivity index (χ3v) is 4.04. The summed E-state index contributed by atoms with van der Waals surface area (Å²) in [6.45, 7) is 0.942. The fraction of sp³-hybridized carbons (Fsp3) is 0.700. The van der Waals surface area contributed by atoms with Gasteiger partial charge in [-0.25, -0.2) is 18.1 Å². The summed E-state index contributed by atoms with van der Waals surface area (Å²) in [6.07, 6.45) is 6.27. The van der Waals surface area contributed by atoms with Gasteiger partial charge in [0.1, 0.15) is 0 Å². The van der Waals surface area contributed by atoms with Gasteiger partial charge >= 0.3 is 0 Å². The number of hydrogen-bond donors (Lipinski definition) is 3. The van der Waals surface area contributed by atoms with E-state index in [0.717, 1.165) is 5.69 Å². The molecule has 17 heavy (non-hydrogen) atoms. The topological polar surface area (TPSA) is 86.9 Å². The van der Waals surface area contributed by atoms with Crippen molar-refractivity contribution >= 4 is 10.0 Å². The first-order chi connectivity index (χ1) is 8.16. The van der Waals surface area contributed by atoms with E-state index in [1.807, 2.05) is 0 Å². The smallest absolute Gasteiger partial charge is 0.212 e. The summed E-state index contributed by atoms with van der Waals surface area (Å²) in [7, 11) is -3.15. The second kappa shape index (κ2) is 5.61. The van der Waals surface area contributed by atoms with Crippen LogP contribution < -0.4 is 10.0 Å². The van der Waals surface area contributed by atoms with Crippen molar-refractivity contribution in [1.82, 2.24) is 20.0 Å². The van der Waals surface area contributed by atoms with Crippen LogP contribution >= 0.6 is 0 Å². The first-order valence-corrected chi connectivity index (χ1v) is 7.49. The van der Waals surface area contributed by atoms with Crippen molar-refractivity contribution in [3.8, 4) is 0 Å². The van der Waals surface area contributed by atoms with E-state index in [0.29, 0.717) is 25.6 Å². The van der Waals surface area contributed by atoms with Crippen LogP contribution in [0.4, 0.5) is 0 Å². The molecule has 6 nitrogen and oxygen atoms in total. The fourth-order valence-electron chi connectivity index (χ4n) is 1.52. The zero-order chi connectivity index (χ0) is 12.1. The number of aromatic nitrogens is 2. The molecule has 0 radical (unpaired) electrons. The number of nitrogens with zero attached hydrogens (tertiary/aromatic N) is 1. The molecule has 1 aromatic rings. The Morgan fingerprint density at radius 3 is 2.88 bits per heavy atom. The highest BCUT2D eigenvalue weighted by molar-refractivity contribution is 7.89. The molecule has 1 aliphatic rings. The van der Waals surface area contributed by atoms with E-state index < -0.39 is 10.0 Å². The highest BCUT2D eigenvalue weighted by Crippen LogP contribution is 2.17. The molecule has 0 aromatic carbocycles. The summed E-state index contributed by atoms with van der Waals surface area (Å²) in [6, 6.07) is 0.551. The number of imidazole rings is 1. The van der Waals surface area contributed by atoms with Crippen LogP contribution in [-0.4, -0.2) is 43.3 Å². The summed E-state index contributed by atoms with van der Waals surface area (Å²) in [5.41, 5.74) is 0.934. The largest absolute Gasteiger partial charge is 0.348 e. The molecule has 0 aliphatic heterocycles. The van der Waals surface area contributed by atoms with Crippen molar-refractivity contribution in [1.29, 1.82) is 0 Å². The molecule has 0 unspecified atom stereocenters. The van der Waals surface area contributed by atoms with Crippen molar-refractivity contribution in [2.45, 2.75) is 25.3 Å². The zero-order valence-electron chi connectivity index (χ0n) is 9.65. The number of aromatic amines is 1. The predicted octanol–water partition coefficient (Wildman–Crippen LogP) is -0.376. The molecule has 1 aromatic heterocycles. The van der Waals surface area contributed by atoms with Gasteiger partial charge in [0.25, 0.3) is 0 Å². The average molecular weight is 258 g/mol. The Hall–Kier alpha value is -0.920. The molecule has 0 saturated heterocycles. The highest BCUT2D eigenvalue weighted by atomic mass is 32.2. The van der Waals surface area contributed by atoms with E-state index in [9.17, 15) is 8.42 Å². The molecule has 2 rings (SSSR count). The van der Waals surface area contributed by atoms with E-state index in [4.69, 9.17) is 0 Å². The molecule has 7 heteroatoms. The maximum Gasteiger partial charge on any atom is 0.212 e. The molecule has 0 amide bonds. The fourth-order valence-corrected chi connectivity index (χ4v) is 2.46.